The molecule has 1 aromatic rings. The van der Waals surface area contributed by atoms with Crippen LogP contribution in [0.15, 0.2) is 48.6 Å². The minimum Gasteiger partial charge on any atom is -0.258 e. The molecule has 2 rings (SSSR count). The van der Waals surface area contributed by atoms with Gasteiger partial charge in [-0.1, -0.05) is 49.5 Å². The maximum absolute atomic E-state index is 10.7. The molecule has 1 aromatic carbocycles. The summed E-state index contributed by atoms with van der Waals surface area (Å²) in [5.74, 6) is 0. The van der Waals surface area contributed by atoms with Crippen LogP contribution in [0.3, 0.4) is 0 Å². The van der Waals surface area contributed by atoms with Crippen LogP contribution in [0.5, 0.6) is 0 Å². The summed E-state index contributed by atoms with van der Waals surface area (Å²) in [4.78, 5) is 11.1. The van der Waals surface area contributed by atoms with Crippen molar-refractivity contribution in [2.24, 2.45) is 0 Å². The molecule has 1 unspecified atom stereocenters. The van der Waals surface area contributed by atoms with Crippen LogP contribution >= 0.6 is 12.2 Å². The highest BCUT2D eigenvalue weighted by Gasteiger charge is 2.32. The first-order chi connectivity index (χ1) is 8.60. The van der Waals surface area contributed by atoms with Crippen LogP contribution in [0.2, 0.25) is 0 Å². The average Bonchev–Trinajstić information content (AvgIpc) is 2.40. The second kappa shape index (κ2) is 4.82. The second-order valence-corrected chi connectivity index (χ2v) is 4.65. The molecule has 0 fully saturated rings. The topological polar surface area (TPSA) is 43.1 Å². The van der Waals surface area contributed by atoms with Gasteiger partial charge in [-0.2, -0.15) is 0 Å². The zero-order valence-electron chi connectivity index (χ0n) is 10.00. The Morgan fingerprint density at radius 1 is 1.28 bits per heavy atom. The predicted molar refractivity (Wildman–Crippen MR) is 75.9 cm³/mol. The van der Waals surface area contributed by atoms with E-state index in [9.17, 15) is 10.1 Å². The van der Waals surface area contributed by atoms with E-state index in [1.54, 1.807) is 12.1 Å². The zero-order chi connectivity index (χ0) is 13.2. The maximum atomic E-state index is 10.7. The lowest BCUT2D eigenvalue weighted by atomic mass is 9.73. The smallest absolute Gasteiger partial charge is 0.258 e. The molecule has 0 aromatic heterocycles. The van der Waals surface area contributed by atoms with Crippen LogP contribution in [-0.2, 0) is 5.41 Å². The van der Waals surface area contributed by atoms with Gasteiger partial charge >= 0.3 is 0 Å². The molecule has 92 valence electrons. The van der Waals surface area contributed by atoms with E-state index in [1.165, 1.54) is 12.1 Å². The van der Waals surface area contributed by atoms with E-state index in [4.69, 9.17) is 12.2 Å². The Labute approximate surface area is 111 Å². The van der Waals surface area contributed by atoms with Gasteiger partial charge in [0, 0.05) is 22.4 Å². The van der Waals surface area contributed by atoms with Crippen LogP contribution in [0.25, 0.3) is 0 Å². The van der Waals surface area contributed by atoms with Gasteiger partial charge in [0.15, 0.2) is 0 Å². The molecule has 1 atom stereocenters. The Morgan fingerprint density at radius 3 is 2.44 bits per heavy atom. The summed E-state index contributed by atoms with van der Waals surface area (Å²) < 4.78 is 0. The van der Waals surface area contributed by atoms with Crippen LogP contribution in [0.4, 0.5) is 5.69 Å². The molecule has 1 aliphatic rings. The van der Waals surface area contributed by atoms with Gasteiger partial charge in [0.1, 0.15) is 0 Å². The number of hydrogen-bond donors (Lipinski definition) is 0. The molecule has 1 aliphatic carbocycles. The molecule has 0 saturated heterocycles. The van der Waals surface area contributed by atoms with Crippen molar-refractivity contribution >= 4 is 22.8 Å². The van der Waals surface area contributed by atoms with Gasteiger partial charge < -0.3 is 0 Å². The molecule has 0 amide bonds. The van der Waals surface area contributed by atoms with Crippen molar-refractivity contribution < 1.29 is 4.92 Å². The molecule has 4 heteroatoms. The van der Waals surface area contributed by atoms with Crippen molar-refractivity contribution in [3.8, 4) is 0 Å². The minimum absolute atomic E-state index is 0.103. The summed E-state index contributed by atoms with van der Waals surface area (Å²) in [5, 5.41) is 10.7. The fourth-order valence-electron chi connectivity index (χ4n) is 2.21. The standard InChI is InChI=1S/C14H13NO2S/c1-2-14(10-4-3-5-13(14)18)11-6-8-12(9-7-11)15(16)17/h3-10H,2H2,1H3. The van der Waals surface area contributed by atoms with Crippen LogP contribution in [-0.4, -0.2) is 9.79 Å². The van der Waals surface area contributed by atoms with Gasteiger partial charge in [-0.25, -0.2) is 0 Å². The van der Waals surface area contributed by atoms with Gasteiger partial charge in [0.05, 0.1) is 4.92 Å². The van der Waals surface area contributed by atoms with E-state index >= 15 is 0 Å². The number of nitrogens with zero attached hydrogens (tertiary/aromatic N) is 1. The Balaban J connectivity index is 2.45. The third-order valence-corrected chi connectivity index (χ3v) is 3.83. The number of hydrogen-bond acceptors (Lipinski definition) is 3. The van der Waals surface area contributed by atoms with Gasteiger partial charge in [-0.3, -0.25) is 10.1 Å². The average molecular weight is 259 g/mol. The molecule has 0 spiro atoms. The molecular formula is C14H13NO2S. The summed E-state index contributed by atoms with van der Waals surface area (Å²) >= 11 is 5.43. The largest absolute Gasteiger partial charge is 0.269 e. The first kappa shape index (κ1) is 12.6. The molecule has 0 radical (unpaired) electrons. The lowest BCUT2D eigenvalue weighted by molar-refractivity contribution is -0.384. The fraction of sp³-hybridized carbons (Fsp3) is 0.214. The van der Waals surface area contributed by atoms with Crippen molar-refractivity contribution in [1.29, 1.82) is 0 Å². The lowest BCUT2D eigenvalue weighted by Crippen LogP contribution is -2.31. The van der Waals surface area contributed by atoms with Gasteiger partial charge in [-0.05, 0) is 18.1 Å². The lowest BCUT2D eigenvalue weighted by Gasteiger charge is -2.31. The SMILES string of the molecule is CCC1(c2ccc([N+](=O)[O-])cc2)C=CC=CC1=S. The first-order valence-electron chi connectivity index (χ1n) is 5.75. The van der Waals surface area contributed by atoms with Crippen molar-refractivity contribution in [3.05, 3.63) is 64.2 Å². The highest BCUT2D eigenvalue weighted by molar-refractivity contribution is 7.81. The molecule has 0 heterocycles. The molecule has 0 aliphatic heterocycles. The van der Waals surface area contributed by atoms with Crippen molar-refractivity contribution in [2.75, 3.05) is 0 Å². The second-order valence-electron chi connectivity index (χ2n) is 4.21. The van der Waals surface area contributed by atoms with E-state index in [0.29, 0.717) is 0 Å². The summed E-state index contributed by atoms with van der Waals surface area (Å²) in [5.41, 5.74) is 0.798. The van der Waals surface area contributed by atoms with E-state index in [-0.39, 0.29) is 11.1 Å². The molecule has 3 nitrogen and oxygen atoms in total. The normalized spacial score (nSPS) is 22.2. The minimum atomic E-state index is -0.392. The maximum Gasteiger partial charge on any atom is 0.269 e. The molecule has 0 saturated carbocycles. The Morgan fingerprint density at radius 2 is 1.94 bits per heavy atom. The third-order valence-electron chi connectivity index (χ3n) is 3.33. The number of rotatable bonds is 3. The molecule has 18 heavy (non-hydrogen) atoms. The van der Waals surface area contributed by atoms with Gasteiger partial charge in [-0.15, -0.1) is 0 Å². The van der Waals surface area contributed by atoms with Crippen molar-refractivity contribution in [2.45, 2.75) is 18.8 Å². The summed E-state index contributed by atoms with van der Waals surface area (Å²) in [7, 11) is 0. The Kier molecular flexibility index (Phi) is 3.39. The summed E-state index contributed by atoms with van der Waals surface area (Å²) in [6.45, 7) is 2.07. The molecular weight excluding hydrogens is 246 g/mol. The highest BCUT2D eigenvalue weighted by atomic mass is 32.1. The summed E-state index contributed by atoms with van der Waals surface area (Å²) in [6, 6.07) is 6.64. The number of nitro groups is 1. The number of allylic oxidation sites excluding steroid dienone is 4. The van der Waals surface area contributed by atoms with Crippen LogP contribution in [0, 0.1) is 10.1 Å². The van der Waals surface area contributed by atoms with Crippen LogP contribution < -0.4 is 0 Å². The number of benzene rings is 1. The molecule has 0 bridgehead atoms. The first-order valence-corrected chi connectivity index (χ1v) is 6.16. The predicted octanol–water partition coefficient (Wildman–Crippen LogP) is 3.74. The highest BCUT2D eigenvalue weighted by Crippen LogP contribution is 2.35. The Bertz CT molecular complexity index is 545. The summed E-state index contributed by atoms with van der Waals surface area (Å²) in [6.07, 6.45) is 8.71. The van der Waals surface area contributed by atoms with Gasteiger partial charge in [0.2, 0.25) is 0 Å². The van der Waals surface area contributed by atoms with Crippen LogP contribution in [0.1, 0.15) is 18.9 Å². The van der Waals surface area contributed by atoms with E-state index in [1.807, 2.05) is 18.2 Å². The fourth-order valence-corrected chi connectivity index (χ4v) is 2.62. The zero-order valence-corrected chi connectivity index (χ0v) is 10.8. The van der Waals surface area contributed by atoms with Crippen molar-refractivity contribution in [3.63, 3.8) is 0 Å². The quantitative estimate of drug-likeness (QED) is 0.472. The molecule has 0 N–H and O–H groups in total. The van der Waals surface area contributed by atoms with E-state index < -0.39 is 4.92 Å². The van der Waals surface area contributed by atoms with Crippen molar-refractivity contribution in [1.82, 2.24) is 0 Å². The monoisotopic (exact) mass is 259 g/mol. The number of nitro benzene ring substituents is 1. The van der Waals surface area contributed by atoms with Gasteiger partial charge in [0.25, 0.3) is 5.69 Å². The number of thiocarbonyl (C=S) groups is 1. The van der Waals surface area contributed by atoms with E-state index in [0.717, 1.165) is 16.8 Å². The Hall–Kier alpha value is -1.81. The number of non-ortho nitro benzene ring substituents is 1. The van der Waals surface area contributed by atoms with E-state index in [2.05, 4.69) is 13.0 Å². The third kappa shape index (κ3) is 1.99.